The van der Waals surface area contributed by atoms with Crippen LogP contribution in [-0.2, 0) is 6.54 Å². The maximum atomic E-state index is 11.5. The van der Waals surface area contributed by atoms with Gasteiger partial charge in [0.1, 0.15) is 0 Å². The van der Waals surface area contributed by atoms with Crippen LogP contribution in [0.2, 0.25) is 0 Å². The lowest BCUT2D eigenvalue weighted by atomic mass is 9.97. The quantitative estimate of drug-likeness (QED) is 0.889. The number of carbonyl (C=O) groups is 1. The van der Waals surface area contributed by atoms with E-state index in [1.807, 2.05) is 31.5 Å². The number of carboxylic acid groups (broad SMARTS) is 1. The predicted molar refractivity (Wildman–Crippen MR) is 74.8 cm³/mol. The third-order valence-corrected chi connectivity index (χ3v) is 3.43. The molecule has 0 bridgehead atoms. The van der Waals surface area contributed by atoms with E-state index in [-0.39, 0.29) is 12.5 Å². The highest BCUT2D eigenvalue weighted by molar-refractivity contribution is 6.03. The molecule has 0 atom stereocenters. The van der Waals surface area contributed by atoms with E-state index in [0.717, 1.165) is 16.5 Å². The lowest BCUT2D eigenvalue weighted by Crippen LogP contribution is -2.06. The average molecular weight is 261 g/mol. The number of aliphatic hydroxyl groups is 1. The monoisotopic (exact) mass is 261 g/mol. The second-order valence-corrected chi connectivity index (χ2v) is 5.15. The molecule has 0 aliphatic rings. The zero-order valence-electron chi connectivity index (χ0n) is 11.5. The fraction of sp³-hybridized carbons (Fsp3) is 0.400. The first-order chi connectivity index (χ1) is 8.95. The van der Waals surface area contributed by atoms with Gasteiger partial charge in [0.15, 0.2) is 0 Å². The maximum absolute atomic E-state index is 11.5. The van der Waals surface area contributed by atoms with E-state index in [0.29, 0.717) is 17.6 Å². The molecule has 102 valence electrons. The van der Waals surface area contributed by atoms with Gasteiger partial charge in [-0.05, 0) is 36.1 Å². The van der Waals surface area contributed by atoms with Crippen LogP contribution in [0.15, 0.2) is 18.3 Å². The van der Waals surface area contributed by atoms with Crippen molar-refractivity contribution in [2.75, 3.05) is 6.61 Å². The highest BCUT2D eigenvalue weighted by Crippen LogP contribution is 2.29. The average Bonchev–Trinajstić information content (AvgIpc) is 2.66. The minimum Gasteiger partial charge on any atom is -0.478 e. The fourth-order valence-corrected chi connectivity index (χ4v) is 2.42. The van der Waals surface area contributed by atoms with Gasteiger partial charge < -0.3 is 14.8 Å². The summed E-state index contributed by atoms with van der Waals surface area (Å²) in [5.74, 6) is -0.645. The number of aromatic nitrogens is 1. The van der Waals surface area contributed by atoms with Gasteiger partial charge >= 0.3 is 5.97 Å². The molecule has 4 nitrogen and oxygen atoms in total. The third-order valence-electron chi connectivity index (χ3n) is 3.43. The minimum atomic E-state index is -0.926. The Labute approximate surface area is 112 Å². The number of fused-ring (bicyclic) bond motifs is 1. The van der Waals surface area contributed by atoms with Gasteiger partial charge in [0.25, 0.3) is 0 Å². The molecule has 0 aliphatic carbocycles. The number of nitrogens with zero attached hydrogens (tertiary/aromatic N) is 1. The zero-order chi connectivity index (χ0) is 14.2. The van der Waals surface area contributed by atoms with Gasteiger partial charge in [0.05, 0.1) is 17.7 Å². The van der Waals surface area contributed by atoms with Crippen LogP contribution in [-0.4, -0.2) is 27.4 Å². The number of aliphatic hydroxyl groups excluding tert-OH is 1. The molecule has 2 aromatic rings. The molecule has 4 heteroatoms. The zero-order valence-corrected chi connectivity index (χ0v) is 11.5. The molecule has 0 unspecified atom stereocenters. The summed E-state index contributed by atoms with van der Waals surface area (Å²) in [6.07, 6.45) is 1.90. The summed E-state index contributed by atoms with van der Waals surface area (Å²) in [4.78, 5) is 11.5. The summed E-state index contributed by atoms with van der Waals surface area (Å²) in [7, 11) is 0. The summed E-state index contributed by atoms with van der Waals surface area (Å²) in [5, 5.41) is 19.5. The highest BCUT2D eigenvalue weighted by Gasteiger charge is 2.17. The van der Waals surface area contributed by atoms with E-state index < -0.39 is 5.97 Å². The van der Waals surface area contributed by atoms with Crippen LogP contribution >= 0.6 is 0 Å². The van der Waals surface area contributed by atoms with Crippen LogP contribution in [0.5, 0.6) is 0 Å². The molecule has 1 heterocycles. The van der Waals surface area contributed by atoms with E-state index in [2.05, 4.69) is 6.07 Å². The molecule has 0 amide bonds. The first kappa shape index (κ1) is 13.6. The molecular weight excluding hydrogens is 242 g/mol. The second kappa shape index (κ2) is 5.05. The van der Waals surface area contributed by atoms with Crippen molar-refractivity contribution >= 4 is 16.9 Å². The van der Waals surface area contributed by atoms with Crippen LogP contribution in [0.3, 0.4) is 0 Å². The molecule has 0 fully saturated rings. The van der Waals surface area contributed by atoms with Crippen molar-refractivity contribution in [2.45, 2.75) is 33.2 Å². The van der Waals surface area contributed by atoms with Crippen LogP contribution in [0, 0.1) is 6.92 Å². The first-order valence-corrected chi connectivity index (χ1v) is 6.43. The van der Waals surface area contributed by atoms with Crippen LogP contribution in [0.25, 0.3) is 10.9 Å². The van der Waals surface area contributed by atoms with Crippen molar-refractivity contribution in [2.24, 2.45) is 0 Å². The Bertz CT molecular complexity index is 626. The Hall–Kier alpha value is -1.81. The van der Waals surface area contributed by atoms with E-state index in [1.165, 1.54) is 0 Å². The van der Waals surface area contributed by atoms with Crippen LogP contribution in [0.1, 0.15) is 41.3 Å². The van der Waals surface area contributed by atoms with E-state index >= 15 is 0 Å². The van der Waals surface area contributed by atoms with Gasteiger partial charge in [-0.3, -0.25) is 0 Å². The maximum Gasteiger partial charge on any atom is 0.337 e. The van der Waals surface area contributed by atoms with Crippen LogP contribution < -0.4 is 0 Å². The molecule has 0 radical (unpaired) electrons. The molecule has 0 aliphatic heterocycles. The summed E-state index contributed by atoms with van der Waals surface area (Å²) in [6.45, 7) is 6.46. The van der Waals surface area contributed by atoms with Gasteiger partial charge in [0, 0.05) is 18.1 Å². The smallest absolute Gasteiger partial charge is 0.337 e. The molecule has 0 saturated heterocycles. The highest BCUT2D eigenvalue weighted by atomic mass is 16.4. The van der Waals surface area contributed by atoms with Crippen molar-refractivity contribution in [3.05, 3.63) is 35.0 Å². The van der Waals surface area contributed by atoms with Gasteiger partial charge in [-0.15, -0.1) is 0 Å². The lowest BCUT2D eigenvalue weighted by Gasteiger charge is -2.11. The molecular formula is C15H19NO3. The molecule has 2 rings (SSSR count). The van der Waals surface area contributed by atoms with Crippen molar-refractivity contribution in [3.8, 4) is 0 Å². The first-order valence-electron chi connectivity index (χ1n) is 6.43. The molecule has 2 N–H and O–H groups in total. The lowest BCUT2D eigenvalue weighted by molar-refractivity contribution is 0.0698. The molecule has 0 saturated carbocycles. The molecule has 19 heavy (non-hydrogen) atoms. The Morgan fingerprint density at radius 2 is 2.05 bits per heavy atom. The van der Waals surface area contributed by atoms with E-state index in [9.17, 15) is 9.90 Å². The Balaban J connectivity index is 2.81. The van der Waals surface area contributed by atoms with Gasteiger partial charge in [-0.25, -0.2) is 4.79 Å². The molecule has 0 spiro atoms. The standard InChI is InChI=1S/C15H19NO3/c1-9(2)11-6-12-10(3)8-16(4-5-17)14(12)13(7-11)15(18)19/h6-9,17H,4-5H2,1-3H3,(H,18,19). The minimum absolute atomic E-state index is 0.00574. The Morgan fingerprint density at radius 1 is 1.37 bits per heavy atom. The van der Waals surface area contributed by atoms with Crippen molar-refractivity contribution in [3.63, 3.8) is 0 Å². The topological polar surface area (TPSA) is 62.5 Å². The Morgan fingerprint density at radius 3 is 2.58 bits per heavy atom. The summed E-state index contributed by atoms with van der Waals surface area (Å²) in [6, 6.07) is 3.79. The predicted octanol–water partition coefficient (Wildman–Crippen LogP) is 2.76. The number of carboxylic acids is 1. The third kappa shape index (κ3) is 2.36. The number of hydrogen-bond acceptors (Lipinski definition) is 2. The summed E-state index contributed by atoms with van der Waals surface area (Å²) in [5.41, 5.74) is 3.06. The van der Waals surface area contributed by atoms with Gasteiger partial charge in [-0.1, -0.05) is 13.8 Å². The number of aromatic carboxylic acids is 1. The largest absolute Gasteiger partial charge is 0.478 e. The molecule has 1 aromatic heterocycles. The SMILES string of the molecule is Cc1cn(CCO)c2c(C(=O)O)cc(C(C)C)cc12. The summed E-state index contributed by atoms with van der Waals surface area (Å²) >= 11 is 0. The van der Waals surface area contributed by atoms with Gasteiger partial charge in [-0.2, -0.15) is 0 Å². The van der Waals surface area contributed by atoms with E-state index in [4.69, 9.17) is 5.11 Å². The van der Waals surface area contributed by atoms with E-state index in [1.54, 1.807) is 6.07 Å². The second-order valence-electron chi connectivity index (χ2n) is 5.15. The fourth-order valence-electron chi connectivity index (χ4n) is 2.42. The normalized spacial score (nSPS) is 11.4. The number of hydrogen-bond donors (Lipinski definition) is 2. The van der Waals surface area contributed by atoms with Gasteiger partial charge in [0.2, 0.25) is 0 Å². The molecule has 1 aromatic carbocycles. The van der Waals surface area contributed by atoms with Crippen molar-refractivity contribution in [1.82, 2.24) is 4.57 Å². The number of benzene rings is 1. The van der Waals surface area contributed by atoms with Crippen LogP contribution in [0.4, 0.5) is 0 Å². The van der Waals surface area contributed by atoms with Crippen molar-refractivity contribution in [1.29, 1.82) is 0 Å². The van der Waals surface area contributed by atoms with Crippen molar-refractivity contribution < 1.29 is 15.0 Å². The number of aryl methyl sites for hydroxylation is 1. The number of rotatable bonds is 4. The summed E-state index contributed by atoms with van der Waals surface area (Å²) < 4.78 is 1.82. The Kier molecular flexibility index (Phi) is 3.62.